The summed E-state index contributed by atoms with van der Waals surface area (Å²) in [6.45, 7) is 2.60. The molecule has 0 fully saturated rings. The van der Waals surface area contributed by atoms with Crippen LogP contribution in [0.3, 0.4) is 0 Å². The normalized spacial score (nSPS) is 13.4. The zero-order valence-corrected chi connectivity index (χ0v) is 11.8. The number of halogens is 3. The van der Waals surface area contributed by atoms with Crippen molar-refractivity contribution in [1.29, 1.82) is 0 Å². The van der Waals surface area contributed by atoms with E-state index < -0.39 is 12.2 Å². The first-order chi connectivity index (χ1) is 9.95. The number of alkyl halides is 3. The van der Waals surface area contributed by atoms with Crippen molar-refractivity contribution in [1.82, 2.24) is 0 Å². The number of ether oxygens (including phenoxy) is 1. The smallest absolute Gasteiger partial charge is 0.407 e. The molecule has 2 aromatic rings. The fourth-order valence-corrected chi connectivity index (χ4v) is 2.21. The molecule has 0 saturated carbocycles. The molecule has 0 bridgehead atoms. The van der Waals surface area contributed by atoms with Crippen molar-refractivity contribution in [2.75, 3.05) is 6.61 Å². The predicted molar refractivity (Wildman–Crippen MR) is 77.3 cm³/mol. The van der Waals surface area contributed by atoms with Crippen LogP contribution >= 0.6 is 0 Å². The summed E-state index contributed by atoms with van der Waals surface area (Å²) in [5.74, 6) is 0.595. The third-order valence-electron chi connectivity index (χ3n) is 3.36. The second-order valence-corrected chi connectivity index (χ2v) is 4.92. The van der Waals surface area contributed by atoms with Gasteiger partial charge in [-0.3, -0.25) is 0 Å². The van der Waals surface area contributed by atoms with E-state index in [0.717, 1.165) is 12.8 Å². The predicted octanol–water partition coefficient (Wildman–Crippen LogP) is 4.58. The second-order valence-electron chi connectivity index (χ2n) is 4.92. The van der Waals surface area contributed by atoms with Gasteiger partial charge in [0.1, 0.15) is 11.8 Å². The molecule has 0 saturated heterocycles. The molecule has 0 aliphatic heterocycles. The van der Waals surface area contributed by atoms with Crippen molar-refractivity contribution in [3.63, 3.8) is 0 Å². The number of rotatable bonds is 5. The van der Waals surface area contributed by atoms with Crippen LogP contribution in [0.1, 0.15) is 31.4 Å². The van der Waals surface area contributed by atoms with Gasteiger partial charge in [0.2, 0.25) is 0 Å². The lowest BCUT2D eigenvalue weighted by molar-refractivity contribution is -0.148. The Morgan fingerprint density at radius 2 is 1.76 bits per heavy atom. The van der Waals surface area contributed by atoms with Crippen LogP contribution < -0.4 is 10.5 Å². The van der Waals surface area contributed by atoms with Crippen molar-refractivity contribution in [2.24, 2.45) is 5.73 Å². The Hall–Kier alpha value is -1.75. The molecule has 2 nitrogen and oxygen atoms in total. The summed E-state index contributed by atoms with van der Waals surface area (Å²) in [6.07, 6.45) is -2.57. The lowest BCUT2D eigenvalue weighted by atomic mass is 9.98. The Morgan fingerprint density at radius 1 is 1.10 bits per heavy atom. The summed E-state index contributed by atoms with van der Waals surface area (Å²) in [6, 6.07) is 7.85. The van der Waals surface area contributed by atoms with Crippen LogP contribution in [0.25, 0.3) is 10.8 Å². The van der Waals surface area contributed by atoms with Gasteiger partial charge in [-0.15, -0.1) is 0 Å². The number of benzene rings is 2. The van der Waals surface area contributed by atoms with Gasteiger partial charge >= 0.3 is 6.18 Å². The number of hydrogen-bond acceptors (Lipinski definition) is 2. The van der Waals surface area contributed by atoms with Gasteiger partial charge in [-0.2, -0.15) is 13.2 Å². The molecule has 5 heteroatoms. The third kappa shape index (κ3) is 3.47. The summed E-state index contributed by atoms with van der Waals surface area (Å²) < 4.78 is 44.2. The van der Waals surface area contributed by atoms with Crippen molar-refractivity contribution in [3.8, 4) is 5.75 Å². The third-order valence-corrected chi connectivity index (χ3v) is 3.36. The Kier molecular flexibility index (Phi) is 4.73. The zero-order valence-electron chi connectivity index (χ0n) is 11.8. The standard InChI is InChI=1S/C16H18F3NO/c1-2-3-10-21-14-9-5-6-11-12(14)7-4-8-13(11)15(20)16(17,18)19/h4-9,15H,2-3,10,20H2,1H3/t15-/m0/s1. The van der Waals surface area contributed by atoms with Crippen LogP contribution in [0.4, 0.5) is 13.2 Å². The minimum atomic E-state index is -4.46. The maximum Gasteiger partial charge on any atom is 0.407 e. The molecule has 2 aromatic carbocycles. The molecule has 114 valence electrons. The first-order valence-corrected chi connectivity index (χ1v) is 6.92. The SMILES string of the molecule is CCCCOc1cccc2c([C@H](N)C(F)(F)F)cccc12. The van der Waals surface area contributed by atoms with Gasteiger partial charge in [-0.05, 0) is 23.4 Å². The largest absolute Gasteiger partial charge is 0.493 e. The molecule has 0 aromatic heterocycles. The fourth-order valence-electron chi connectivity index (χ4n) is 2.21. The van der Waals surface area contributed by atoms with Crippen LogP contribution in [0.15, 0.2) is 36.4 Å². The highest BCUT2D eigenvalue weighted by atomic mass is 19.4. The van der Waals surface area contributed by atoms with E-state index >= 15 is 0 Å². The Bertz CT molecular complexity index is 610. The first kappa shape index (κ1) is 15.6. The van der Waals surface area contributed by atoms with E-state index in [4.69, 9.17) is 10.5 Å². The highest BCUT2D eigenvalue weighted by Gasteiger charge is 2.38. The zero-order chi connectivity index (χ0) is 15.5. The maximum absolute atomic E-state index is 12.9. The fraction of sp³-hybridized carbons (Fsp3) is 0.375. The van der Waals surface area contributed by atoms with Gasteiger partial charge < -0.3 is 10.5 Å². The van der Waals surface area contributed by atoms with Crippen molar-refractivity contribution < 1.29 is 17.9 Å². The topological polar surface area (TPSA) is 35.2 Å². The van der Waals surface area contributed by atoms with E-state index in [1.165, 1.54) is 6.07 Å². The van der Waals surface area contributed by atoms with Crippen molar-refractivity contribution in [2.45, 2.75) is 32.0 Å². The highest BCUT2D eigenvalue weighted by molar-refractivity contribution is 5.91. The Labute approximate surface area is 121 Å². The van der Waals surface area contributed by atoms with Gasteiger partial charge in [0, 0.05) is 5.39 Å². The van der Waals surface area contributed by atoms with Crippen molar-refractivity contribution in [3.05, 3.63) is 42.0 Å². The Morgan fingerprint density at radius 3 is 2.43 bits per heavy atom. The highest BCUT2D eigenvalue weighted by Crippen LogP contribution is 2.36. The molecule has 0 heterocycles. The summed E-state index contributed by atoms with van der Waals surface area (Å²) in [5, 5.41) is 1.14. The number of unbranched alkanes of at least 4 members (excludes halogenated alkanes) is 1. The van der Waals surface area contributed by atoms with E-state index in [2.05, 4.69) is 0 Å². The van der Waals surface area contributed by atoms with E-state index in [9.17, 15) is 13.2 Å². The lowest BCUT2D eigenvalue weighted by Gasteiger charge is -2.18. The van der Waals surface area contributed by atoms with Gasteiger partial charge in [0.25, 0.3) is 0 Å². The van der Waals surface area contributed by atoms with Gasteiger partial charge in [0.05, 0.1) is 6.61 Å². The number of hydrogen-bond donors (Lipinski definition) is 1. The molecule has 0 radical (unpaired) electrons. The van der Waals surface area contributed by atoms with E-state index in [0.29, 0.717) is 23.1 Å². The van der Waals surface area contributed by atoms with E-state index in [-0.39, 0.29) is 5.56 Å². The van der Waals surface area contributed by atoms with Gasteiger partial charge in [0.15, 0.2) is 0 Å². The van der Waals surface area contributed by atoms with Gasteiger partial charge in [-0.1, -0.05) is 43.7 Å². The summed E-state index contributed by atoms with van der Waals surface area (Å²) >= 11 is 0. The molecule has 2 rings (SSSR count). The molecule has 0 amide bonds. The summed E-state index contributed by atoms with van der Waals surface area (Å²) in [4.78, 5) is 0. The maximum atomic E-state index is 12.9. The van der Waals surface area contributed by atoms with Crippen LogP contribution in [-0.4, -0.2) is 12.8 Å². The number of fused-ring (bicyclic) bond motifs is 1. The summed E-state index contributed by atoms with van der Waals surface area (Å²) in [5.41, 5.74) is 5.41. The van der Waals surface area contributed by atoms with Crippen LogP contribution in [0.5, 0.6) is 5.75 Å². The minimum Gasteiger partial charge on any atom is -0.493 e. The molecular formula is C16H18F3NO. The van der Waals surface area contributed by atoms with Gasteiger partial charge in [-0.25, -0.2) is 0 Å². The molecule has 21 heavy (non-hydrogen) atoms. The molecule has 0 aliphatic rings. The molecule has 0 aliphatic carbocycles. The monoisotopic (exact) mass is 297 g/mol. The summed E-state index contributed by atoms with van der Waals surface area (Å²) in [7, 11) is 0. The number of nitrogens with two attached hydrogens (primary N) is 1. The Balaban J connectivity index is 2.44. The van der Waals surface area contributed by atoms with E-state index in [1.54, 1.807) is 30.3 Å². The van der Waals surface area contributed by atoms with Crippen LogP contribution in [0, 0.1) is 0 Å². The quantitative estimate of drug-likeness (QED) is 0.820. The van der Waals surface area contributed by atoms with Crippen LogP contribution in [-0.2, 0) is 0 Å². The average molecular weight is 297 g/mol. The molecule has 0 unspecified atom stereocenters. The van der Waals surface area contributed by atoms with Crippen molar-refractivity contribution >= 4 is 10.8 Å². The first-order valence-electron chi connectivity index (χ1n) is 6.92. The molecule has 2 N–H and O–H groups in total. The minimum absolute atomic E-state index is 0.0703. The lowest BCUT2D eigenvalue weighted by Crippen LogP contribution is -2.28. The molecule has 1 atom stereocenters. The van der Waals surface area contributed by atoms with E-state index in [1.807, 2.05) is 6.92 Å². The molecular weight excluding hydrogens is 279 g/mol. The van der Waals surface area contributed by atoms with Crippen LogP contribution in [0.2, 0.25) is 0 Å². The molecule has 0 spiro atoms. The average Bonchev–Trinajstić information content (AvgIpc) is 2.45. The second kappa shape index (κ2) is 6.35.